The number of unbranched alkanes of at least 4 members (excludes halogenated alkanes) is 1. The Hall–Kier alpha value is -3.13. The summed E-state index contributed by atoms with van der Waals surface area (Å²) in [5.41, 5.74) is 2.98. The van der Waals surface area contributed by atoms with Crippen molar-refractivity contribution in [3.63, 3.8) is 0 Å². The normalized spacial score (nSPS) is 13.9. The Balaban J connectivity index is 1.52. The van der Waals surface area contributed by atoms with E-state index in [0.29, 0.717) is 13.0 Å². The van der Waals surface area contributed by atoms with Crippen LogP contribution in [0.15, 0.2) is 42.5 Å². The summed E-state index contributed by atoms with van der Waals surface area (Å²) in [5.74, 6) is -0.0219. The molecule has 0 saturated carbocycles. The molecule has 8 nitrogen and oxygen atoms in total. The quantitative estimate of drug-likeness (QED) is 0.336. The highest BCUT2D eigenvalue weighted by atomic mass is 16.6. The van der Waals surface area contributed by atoms with E-state index in [1.54, 1.807) is 20.8 Å². The number of fused-ring (bicyclic) bond motifs is 1. The summed E-state index contributed by atoms with van der Waals surface area (Å²) >= 11 is 0. The van der Waals surface area contributed by atoms with E-state index in [0.717, 1.165) is 69.7 Å². The average Bonchev–Trinajstić information content (AvgIpc) is 2.86. The fraction of sp³-hybridized carbons (Fsp3) is 0.552. The lowest BCUT2D eigenvalue weighted by Crippen LogP contribution is -2.45. The third kappa shape index (κ3) is 10.4. The van der Waals surface area contributed by atoms with Gasteiger partial charge < -0.3 is 25.4 Å². The third-order valence-electron chi connectivity index (χ3n) is 6.39. The molecule has 1 unspecified atom stereocenters. The number of carboxylic acid groups (broad SMARTS) is 1. The molecule has 3 rings (SSSR count). The van der Waals surface area contributed by atoms with Gasteiger partial charge in [0.15, 0.2) is 0 Å². The number of aryl methyl sites for hydroxylation is 2. The van der Waals surface area contributed by atoms with Gasteiger partial charge >= 0.3 is 12.1 Å². The number of alkyl carbamates (subject to hydrolysis) is 1. The molecule has 1 aliphatic heterocycles. The zero-order chi connectivity index (χ0) is 26.7. The van der Waals surface area contributed by atoms with Crippen molar-refractivity contribution in [1.29, 1.82) is 0 Å². The van der Waals surface area contributed by atoms with Crippen molar-refractivity contribution in [2.24, 2.45) is 0 Å². The minimum Gasteiger partial charge on any atom is -0.480 e. The number of carbonyl (C=O) groups is 2. The summed E-state index contributed by atoms with van der Waals surface area (Å²) in [4.78, 5) is 31.0. The second-order valence-corrected chi connectivity index (χ2v) is 10.7. The predicted octanol–water partition coefficient (Wildman–Crippen LogP) is 4.68. The van der Waals surface area contributed by atoms with Crippen LogP contribution in [0.4, 0.5) is 10.6 Å². The Morgan fingerprint density at radius 2 is 1.86 bits per heavy atom. The summed E-state index contributed by atoms with van der Waals surface area (Å²) in [6, 6.07) is 13.6. The highest BCUT2D eigenvalue weighted by Gasteiger charge is 2.24. The van der Waals surface area contributed by atoms with Gasteiger partial charge in [0.25, 0.3) is 0 Å². The fourth-order valence-corrected chi connectivity index (χ4v) is 4.44. The second-order valence-electron chi connectivity index (χ2n) is 10.7. The number of aliphatic carboxylic acids is 1. The summed E-state index contributed by atoms with van der Waals surface area (Å²) in [6.45, 7) is 8.50. The molecule has 1 aromatic heterocycles. The molecule has 0 aliphatic carbocycles. The minimum atomic E-state index is -1.05. The van der Waals surface area contributed by atoms with Gasteiger partial charge in [-0.25, -0.2) is 14.6 Å². The smallest absolute Gasteiger partial charge is 0.408 e. The number of benzene rings is 1. The van der Waals surface area contributed by atoms with Crippen molar-refractivity contribution in [3.8, 4) is 0 Å². The van der Waals surface area contributed by atoms with Crippen molar-refractivity contribution >= 4 is 17.9 Å². The Morgan fingerprint density at radius 1 is 1.08 bits per heavy atom. The number of rotatable bonds is 13. The molecule has 3 N–H and O–H groups in total. The van der Waals surface area contributed by atoms with Crippen molar-refractivity contribution in [1.82, 2.24) is 15.2 Å². The molecule has 1 amide bonds. The van der Waals surface area contributed by atoms with E-state index in [9.17, 15) is 14.7 Å². The van der Waals surface area contributed by atoms with E-state index in [1.807, 2.05) is 18.2 Å². The van der Waals surface area contributed by atoms with Crippen LogP contribution in [0.1, 0.15) is 63.3 Å². The number of anilines is 1. The van der Waals surface area contributed by atoms with Gasteiger partial charge in [-0.15, -0.1) is 0 Å². The van der Waals surface area contributed by atoms with Crippen molar-refractivity contribution < 1.29 is 19.4 Å². The lowest BCUT2D eigenvalue weighted by atomic mass is 10.1. The first-order valence-electron chi connectivity index (χ1n) is 13.4. The van der Waals surface area contributed by atoms with Crippen molar-refractivity contribution in [2.75, 3.05) is 31.5 Å². The van der Waals surface area contributed by atoms with E-state index in [1.165, 1.54) is 11.1 Å². The summed E-state index contributed by atoms with van der Waals surface area (Å²) in [7, 11) is 0. The maximum absolute atomic E-state index is 12.1. The molecule has 2 heterocycles. The second kappa shape index (κ2) is 14.0. The zero-order valence-electron chi connectivity index (χ0n) is 22.5. The Labute approximate surface area is 220 Å². The van der Waals surface area contributed by atoms with Gasteiger partial charge in [0.1, 0.15) is 17.5 Å². The molecular formula is C29H42N4O4. The number of ether oxygens (including phenoxy) is 1. The number of hydrogen-bond acceptors (Lipinski definition) is 6. The van der Waals surface area contributed by atoms with Crippen LogP contribution in [0.5, 0.6) is 0 Å². The van der Waals surface area contributed by atoms with Gasteiger partial charge in [0, 0.05) is 25.3 Å². The first-order valence-corrected chi connectivity index (χ1v) is 13.4. The van der Waals surface area contributed by atoms with Crippen LogP contribution in [0.3, 0.4) is 0 Å². The largest absolute Gasteiger partial charge is 0.480 e. The lowest BCUT2D eigenvalue weighted by molar-refractivity contribution is -0.139. The molecule has 2 aromatic rings. The van der Waals surface area contributed by atoms with Crippen LogP contribution >= 0.6 is 0 Å². The maximum atomic E-state index is 12.1. The van der Waals surface area contributed by atoms with E-state index in [-0.39, 0.29) is 0 Å². The first-order chi connectivity index (χ1) is 17.7. The van der Waals surface area contributed by atoms with Crippen LogP contribution in [0, 0.1) is 0 Å². The average molecular weight is 511 g/mol. The number of hydrogen-bond donors (Lipinski definition) is 3. The van der Waals surface area contributed by atoms with Crippen LogP contribution in [0.25, 0.3) is 0 Å². The van der Waals surface area contributed by atoms with Crippen LogP contribution in [-0.2, 0) is 28.8 Å². The number of carboxylic acids is 1. The van der Waals surface area contributed by atoms with E-state index >= 15 is 0 Å². The Morgan fingerprint density at radius 3 is 2.59 bits per heavy atom. The number of carbonyl (C=O) groups excluding carboxylic acids is 1. The molecule has 1 aliphatic rings. The van der Waals surface area contributed by atoms with Gasteiger partial charge in [0.2, 0.25) is 0 Å². The maximum Gasteiger partial charge on any atom is 0.408 e. The summed E-state index contributed by atoms with van der Waals surface area (Å²) in [6.07, 6.45) is 5.64. The van der Waals surface area contributed by atoms with E-state index in [4.69, 9.17) is 9.72 Å². The number of pyridine rings is 1. The molecule has 8 heteroatoms. The summed E-state index contributed by atoms with van der Waals surface area (Å²) < 4.78 is 5.25. The van der Waals surface area contributed by atoms with Crippen LogP contribution < -0.4 is 10.6 Å². The minimum absolute atomic E-state index is 0.307. The molecule has 202 valence electrons. The molecule has 37 heavy (non-hydrogen) atoms. The zero-order valence-corrected chi connectivity index (χ0v) is 22.5. The monoisotopic (exact) mass is 510 g/mol. The molecule has 0 radical (unpaired) electrons. The summed E-state index contributed by atoms with van der Waals surface area (Å²) in [5, 5.41) is 15.6. The molecule has 0 bridgehead atoms. The Kier molecular flexibility index (Phi) is 10.7. The van der Waals surface area contributed by atoms with Crippen LogP contribution in [0.2, 0.25) is 0 Å². The number of aromatic nitrogens is 1. The van der Waals surface area contributed by atoms with Gasteiger partial charge in [-0.2, -0.15) is 0 Å². The van der Waals surface area contributed by atoms with Gasteiger partial charge in [0.05, 0.1) is 0 Å². The lowest BCUT2D eigenvalue weighted by Gasteiger charge is -2.25. The highest BCUT2D eigenvalue weighted by molar-refractivity contribution is 5.80. The van der Waals surface area contributed by atoms with E-state index < -0.39 is 23.7 Å². The molecule has 1 atom stereocenters. The molecule has 0 fully saturated rings. The first kappa shape index (κ1) is 28.4. The highest BCUT2D eigenvalue weighted by Crippen LogP contribution is 2.20. The predicted molar refractivity (Wildman–Crippen MR) is 146 cm³/mol. The molecule has 1 aromatic carbocycles. The van der Waals surface area contributed by atoms with E-state index in [2.05, 4.69) is 39.8 Å². The fourth-order valence-electron chi connectivity index (χ4n) is 4.44. The standard InChI is InChI=1S/C29H42N4O4/c1-29(2,3)37-28(36)32-25(27(34)35)17-21-33(20-16-22-10-5-4-6-11-22)19-8-7-13-24-15-14-23-12-9-18-30-26(23)31-24/h4-6,10-11,14-15,25H,7-9,12-13,16-21H2,1-3H3,(H,30,31)(H,32,36)(H,34,35). The van der Waals surface area contributed by atoms with Crippen molar-refractivity contribution in [2.45, 2.75) is 77.4 Å². The molecule has 0 spiro atoms. The third-order valence-corrected chi connectivity index (χ3v) is 6.39. The number of nitrogens with one attached hydrogen (secondary N) is 2. The molecule has 0 saturated heterocycles. The van der Waals surface area contributed by atoms with Crippen molar-refractivity contribution in [3.05, 3.63) is 59.3 Å². The Bertz CT molecular complexity index is 1010. The SMILES string of the molecule is CC(C)(C)OC(=O)NC(CCN(CCCCc1ccc2c(n1)NCCC2)CCc1ccccc1)C(=O)O. The molecular weight excluding hydrogens is 468 g/mol. The number of amides is 1. The topological polar surface area (TPSA) is 104 Å². The van der Waals surface area contributed by atoms with Gasteiger partial charge in [-0.1, -0.05) is 36.4 Å². The van der Waals surface area contributed by atoms with Gasteiger partial charge in [-0.05, 0) is 89.5 Å². The number of nitrogens with zero attached hydrogens (tertiary/aromatic N) is 2. The van der Waals surface area contributed by atoms with Crippen LogP contribution in [-0.4, -0.2) is 64.9 Å². The van der Waals surface area contributed by atoms with Gasteiger partial charge in [-0.3, -0.25) is 0 Å².